The summed E-state index contributed by atoms with van der Waals surface area (Å²) in [7, 11) is 0. The molecule has 0 saturated carbocycles. The minimum Gasteiger partial charge on any atom is -0.305 e. The lowest BCUT2D eigenvalue weighted by atomic mass is 10.1. The Balaban J connectivity index is 1.68. The Morgan fingerprint density at radius 3 is 2.48 bits per heavy atom. The molecule has 0 aliphatic carbocycles. The van der Waals surface area contributed by atoms with Gasteiger partial charge >= 0.3 is 0 Å². The van der Waals surface area contributed by atoms with Crippen LogP contribution in [0.5, 0.6) is 0 Å². The first-order valence-electron chi connectivity index (χ1n) is 9.36. The molecule has 0 fully saturated rings. The van der Waals surface area contributed by atoms with Crippen LogP contribution in [0.1, 0.15) is 22.6 Å². The van der Waals surface area contributed by atoms with Gasteiger partial charge in [0.2, 0.25) is 5.91 Å². The van der Waals surface area contributed by atoms with Gasteiger partial charge in [-0.2, -0.15) is 9.50 Å². The molecule has 2 heterocycles. The summed E-state index contributed by atoms with van der Waals surface area (Å²) in [5.41, 5.74) is 3.19. The maximum absolute atomic E-state index is 13.1. The number of carbonyl (C=O) groups is 1. The largest absolute Gasteiger partial charge is 0.305 e. The zero-order valence-corrected chi connectivity index (χ0v) is 16.3. The predicted octanol–water partition coefficient (Wildman–Crippen LogP) is 2.81. The third-order valence-corrected chi connectivity index (χ3v) is 4.66. The third-order valence-electron chi connectivity index (χ3n) is 4.66. The van der Waals surface area contributed by atoms with Gasteiger partial charge in [0.05, 0.1) is 13.0 Å². The van der Waals surface area contributed by atoms with Crippen LogP contribution >= 0.6 is 0 Å². The van der Waals surface area contributed by atoms with Crippen molar-refractivity contribution < 1.29 is 4.79 Å². The van der Waals surface area contributed by atoms with E-state index in [2.05, 4.69) is 15.1 Å². The van der Waals surface area contributed by atoms with E-state index in [1.807, 2.05) is 61.5 Å². The van der Waals surface area contributed by atoms with E-state index in [1.54, 1.807) is 11.8 Å². The Labute approximate surface area is 167 Å². The molecule has 0 aliphatic heterocycles. The second-order valence-corrected chi connectivity index (χ2v) is 7.02. The lowest BCUT2D eigenvalue weighted by Crippen LogP contribution is -2.32. The Morgan fingerprint density at radius 1 is 1.03 bits per heavy atom. The number of aryl methyl sites for hydroxylation is 2. The SMILES string of the molecule is Cc1ccc(N(Cc2nc3nc(C)cc(=O)n3[nH]2)C(=O)Cc2ccccc2)cc1. The van der Waals surface area contributed by atoms with Crippen LogP contribution in [0.25, 0.3) is 5.78 Å². The smallest absolute Gasteiger partial charge is 0.274 e. The van der Waals surface area contributed by atoms with Crippen molar-refractivity contribution in [1.29, 1.82) is 0 Å². The lowest BCUT2D eigenvalue weighted by Gasteiger charge is -2.22. The number of nitrogens with one attached hydrogen (secondary N) is 1. The molecule has 2 aromatic heterocycles. The third kappa shape index (κ3) is 4.08. The summed E-state index contributed by atoms with van der Waals surface area (Å²) in [5, 5.41) is 2.96. The van der Waals surface area contributed by atoms with E-state index in [0.717, 1.165) is 16.8 Å². The molecule has 4 aromatic rings. The number of aromatic amines is 1. The first-order valence-corrected chi connectivity index (χ1v) is 9.36. The highest BCUT2D eigenvalue weighted by Crippen LogP contribution is 2.19. The molecular formula is C22H21N5O2. The second-order valence-electron chi connectivity index (χ2n) is 7.02. The van der Waals surface area contributed by atoms with E-state index in [0.29, 0.717) is 17.3 Å². The number of hydrogen-bond acceptors (Lipinski definition) is 4. The van der Waals surface area contributed by atoms with Crippen LogP contribution in [0.15, 0.2) is 65.5 Å². The Morgan fingerprint density at radius 2 is 1.76 bits per heavy atom. The van der Waals surface area contributed by atoms with Gasteiger partial charge in [0, 0.05) is 17.4 Å². The number of amides is 1. The molecule has 0 bridgehead atoms. The van der Waals surface area contributed by atoms with Crippen molar-refractivity contribution in [2.24, 2.45) is 0 Å². The molecule has 0 radical (unpaired) electrons. The molecule has 0 spiro atoms. The highest BCUT2D eigenvalue weighted by molar-refractivity contribution is 5.94. The van der Waals surface area contributed by atoms with E-state index in [4.69, 9.17) is 0 Å². The van der Waals surface area contributed by atoms with Crippen molar-refractivity contribution in [3.63, 3.8) is 0 Å². The summed E-state index contributed by atoms with van der Waals surface area (Å²) < 4.78 is 1.29. The van der Waals surface area contributed by atoms with Crippen LogP contribution in [0.2, 0.25) is 0 Å². The average Bonchev–Trinajstić information content (AvgIpc) is 3.10. The summed E-state index contributed by atoms with van der Waals surface area (Å²) >= 11 is 0. The maximum Gasteiger partial charge on any atom is 0.274 e. The number of carbonyl (C=O) groups excluding carboxylic acids is 1. The highest BCUT2D eigenvalue weighted by Gasteiger charge is 2.19. The minimum absolute atomic E-state index is 0.0583. The Kier molecular flexibility index (Phi) is 4.95. The Bertz CT molecular complexity index is 1210. The quantitative estimate of drug-likeness (QED) is 0.571. The zero-order chi connectivity index (χ0) is 20.4. The number of H-pyrrole nitrogens is 1. The van der Waals surface area contributed by atoms with Crippen LogP contribution < -0.4 is 10.5 Å². The van der Waals surface area contributed by atoms with E-state index >= 15 is 0 Å². The second kappa shape index (κ2) is 7.71. The van der Waals surface area contributed by atoms with E-state index in [-0.39, 0.29) is 24.4 Å². The van der Waals surface area contributed by atoms with E-state index in [1.165, 1.54) is 10.6 Å². The van der Waals surface area contributed by atoms with Crippen molar-refractivity contribution in [3.8, 4) is 0 Å². The van der Waals surface area contributed by atoms with Crippen molar-refractivity contribution >= 4 is 17.4 Å². The fraction of sp³-hybridized carbons (Fsp3) is 0.182. The predicted molar refractivity (Wildman–Crippen MR) is 111 cm³/mol. The van der Waals surface area contributed by atoms with Crippen LogP contribution in [-0.4, -0.2) is 25.5 Å². The van der Waals surface area contributed by atoms with Crippen molar-refractivity contribution in [3.05, 3.63) is 93.7 Å². The topological polar surface area (TPSA) is 83.4 Å². The van der Waals surface area contributed by atoms with Crippen molar-refractivity contribution in [1.82, 2.24) is 19.6 Å². The number of hydrogen-bond donors (Lipinski definition) is 1. The van der Waals surface area contributed by atoms with Gasteiger partial charge in [-0.15, -0.1) is 0 Å². The number of aromatic nitrogens is 4. The van der Waals surface area contributed by atoms with Gasteiger partial charge in [0.15, 0.2) is 0 Å². The zero-order valence-electron chi connectivity index (χ0n) is 16.3. The van der Waals surface area contributed by atoms with Crippen LogP contribution in [-0.2, 0) is 17.8 Å². The van der Waals surface area contributed by atoms with Gasteiger partial charge in [0.1, 0.15) is 5.82 Å². The molecule has 0 atom stereocenters. The molecular weight excluding hydrogens is 366 g/mol. The molecule has 0 aliphatic rings. The van der Waals surface area contributed by atoms with Gasteiger partial charge in [-0.1, -0.05) is 48.0 Å². The first-order chi connectivity index (χ1) is 14.0. The van der Waals surface area contributed by atoms with Crippen LogP contribution in [0, 0.1) is 13.8 Å². The van der Waals surface area contributed by atoms with Crippen molar-refractivity contribution in [2.75, 3.05) is 4.90 Å². The summed E-state index contributed by atoms with van der Waals surface area (Å²) in [5.74, 6) is 0.726. The molecule has 1 N–H and O–H groups in total. The first kappa shape index (κ1) is 18.6. The number of fused-ring (bicyclic) bond motifs is 1. The average molecular weight is 387 g/mol. The van der Waals surface area contributed by atoms with Gasteiger partial charge < -0.3 is 4.90 Å². The molecule has 7 heteroatoms. The van der Waals surface area contributed by atoms with Crippen molar-refractivity contribution in [2.45, 2.75) is 26.8 Å². The molecule has 1 amide bonds. The van der Waals surface area contributed by atoms with E-state index < -0.39 is 0 Å². The fourth-order valence-corrected chi connectivity index (χ4v) is 3.17. The standard InChI is InChI=1S/C22H21N5O2/c1-15-8-10-18(11-9-15)26(20(28)13-17-6-4-3-5-7-17)14-19-24-22-23-16(2)12-21(29)27(22)25-19/h3-12H,13-14H2,1-2H3,(H,23,24,25). The van der Waals surface area contributed by atoms with Gasteiger partial charge in [-0.05, 0) is 31.5 Å². The van der Waals surface area contributed by atoms with Gasteiger partial charge in [-0.3, -0.25) is 14.7 Å². The Hall–Kier alpha value is -3.74. The normalized spacial score (nSPS) is 11.0. The van der Waals surface area contributed by atoms with Crippen LogP contribution in [0.3, 0.4) is 0 Å². The molecule has 29 heavy (non-hydrogen) atoms. The number of benzene rings is 2. The maximum atomic E-state index is 13.1. The monoisotopic (exact) mass is 387 g/mol. The number of nitrogens with zero attached hydrogens (tertiary/aromatic N) is 4. The number of anilines is 1. The fourth-order valence-electron chi connectivity index (χ4n) is 3.17. The summed E-state index contributed by atoms with van der Waals surface area (Å²) in [6, 6.07) is 18.8. The minimum atomic E-state index is -0.233. The van der Waals surface area contributed by atoms with E-state index in [9.17, 15) is 9.59 Å². The van der Waals surface area contributed by atoms with Crippen LogP contribution in [0.4, 0.5) is 5.69 Å². The summed E-state index contributed by atoms with van der Waals surface area (Å²) in [6.07, 6.45) is 0.270. The van der Waals surface area contributed by atoms with Gasteiger partial charge in [0.25, 0.3) is 11.3 Å². The highest BCUT2D eigenvalue weighted by atomic mass is 16.2. The lowest BCUT2D eigenvalue weighted by molar-refractivity contribution is -0.118. The van der Waals surface area contributed by atoms with Gasteiger partial charge in [-0.25, -0.2) is 4.98 Å². The molecule has 146 valence electrons. The molecule has 0 saturated heterocycles. The summed E-state index contributed by atoms with van der Waals surface area (Å²) in [6.45, 7) is 3.95. The molecule has 2 aromatic carbocycles. The number of rotatable bonds is 5. The molecule has 0 unspecified atom stereocenters. The summed E-state index contributed by atoms with van der Waals surface area (Å²) in [4.78, 5) is 35.6. The molecule has 4 rings (SSSR count). The molecule has 7 nitrogen and oxygen atoms in total.